The maximum Gasteiger partial charge on any atom is 0.138 e. The number of hydrogen-bond donors (Lipinski definition) is 0. The SMILES string of the molecule is COc1cc2c(c(OC)c1C)[C@]1(C)CC[C@H]3C(C)(C)C(=O)CC[C@]3(C)[C@H]1C2. The van der Waals surface area contributed by atoms with Gasteiger partial charge in [0.25, 0.3) is 0 Å². The molecule has 27 heavy (non-hydrogen) atoms. The molecule has 3 nitrogen and oxygen atoms in total. The van der Waals surface area contributed by atoms with Crippen LogP contribution in [0.25, 0.3) is 0 Å². The Morgan fingerprint density at radius 3 is 2.37 bits per heavy atom. The predicted octanol–water partition coefficient (Wildman–Crippen LogP) is 5.25. The predicted molar refractivity (Wildman–Crippen MR) is 108 cm³/mol. The molecule has 3 aliphatic carbocycles. The van der Waals surface area contributed by atoms with Crippen molar-refractivity contribution in [2.75, 3.05) is 14.2 Å². The molecule has 0 radical (unpaired) electrons. The molecule has 2 fully saturated rings. The van der Waals surface area contributed by atoms with Crippen LogP contribution in [0, 0.1) is 29.6 Å². The Morgan fingerprint density at radius 1 is 1.04 bits per heavy atom. The monoisotopic (exact) mass is 370 g/mol. The molecule has 0 amide bonds. The van der Waals surface area contributed by atoms with Crippen LogP contribution in [0.3, 0.4) is 0 Å². The van der Waals surface area contributed by atoms with E-state index < -0.39 is 0 Å². The first kappa shape index (κ1) is 18.8. The van der Waals surface area contributed by atoms with E-state index in [0.717, 1.165) is 49.2 Å². The number of carbonyl (C=O) groups is 1. The first-order valence-electron chi connectivity index (χ1n) is 10.4. The summed E-state index contributed by atoms with van der Waals surface area (Å²) in [6, 6.07) is 2.24. The molecule has 0 heterocycles. The highest BCUT2D eigenvalue weighted by Gasteiger charge is 2.63. The van der Waals surface area contributed by atoms with E-state index >= 15 is 0 Å². The molecule has 0 aromatic heterocycles. The zero-order chi connectivity index (χ0) is 19.8. The van der Waals surface area contributed by atoms with Crippen LogP contribution >= 0.6 is 0 Å². The Hall–Kier alpha value is -1.51. The molecular weight excluding hydrogens is 336 g/mol. The fourth-order valence-corrected chi connectivity index (χ4v) is 7.37. The highest BCUT2D eigenvalue weighted by atomic mass is 16.5. The van der Waals surface area contributed by atoms with Crippen molar-refractivity contribution in [3.8, 4) is 11.5 Å². The second kappa shape index (κ2) is 5.75. The molecule has 0 bridgehead atoms. The summed E-state index contributed by atoms with van der Waals surface area (Å²) in [4.78, 5) is 12.7. The lowest BCUT2D eigenvalue weighted by Gasteiger charge is -2.60. The Kier molecular flexibility index (Phi) is 4.01. The number of carbonyl (C=O) groups excluding carboxylic acids is 1. The van der Waals surface area contributed by atoms with Crippen molar-refractivity contribution in [2.24, 2.45) is 22.7 Å². The molecule has 148 valence electrons. The second-order valence-corrected chi connectivity index (χ2v) is 10.2. The molecule has 2 saturated carbocycles. The third-order valence-corrected chi connectivity index (χ3v) is 8.78. The van der Waals surface area contributed by atoms with Gasteiger partial charge in [0.05, 0.1) is 14.2 Å². The maximum absolute atomic E-state index is 12.7. The molecule has 4 rings (SSSR count). The number of benzene rings is 1. The summed E-state index contributed by atoms with van der Waals surface area (Å²) in [5.74, 6) is 3.41. The summed E-state index contributed by atoms with van der Waals surface area (Å²) < 4.78 is 11.6. The van der Waals surface area contributed by atoms with E-state index in [1.54, 1.807) is 14.2 Å². The van der Waals surface area contributed by atoms with E-state index in [-0.39, 0.29) is 16.2 Å². The minimum atomic E-state index is -0.208. The van der Waals surface area contributed by atoms with Gasteiger partial charge >= 0.3 is 0 Å². The van der Waals surface area contributed by atoms with Gasteiger partial charge in [-0.3, -0.25) is 4.79 Å². The number of fused-ring (bicyclic) bond motifs is 5. The molecule has 0 N–H and O–H groups in total. The first-order valence-corrected chi connectivity index (χ1v) is 10.4. The molecule has 0 aliphatic heterocycles. The van der Waals surface area contributed by atoms with Crippen LogP contribution < -0.4 is 9.47 Å². The maximum atomic E-state index is 12.7. The summed E-state index contributed by atoms with van der Waals surface area (Å²) in [7, 11) is 3.53. The van der Waals surface area contributed by atoms with Gasteiger partial charge in [-0.15, -0.1) is 0 Å². The van der Waals surface area contributed by atoms with E-state index in [2.05, 4.69) is 40.7 Å². The highest BCUT2D eigenvalue weighted by Crippen LogP contribution is 2.68. The lowest BCUT2D eigenvalue weighted by atomic mass is 9.43. The summed E-state index contributed by atoms with van der Waals surface area (Å²) in [6.07, 6.45) is 5.06. The van der Waals surface area contributed by atoms with Crippen molar-refractivity contribution in [1.29, 1.82) is 0 Å². The number of hydrogen-bond acceptors (Lipinski definition) is 3. The zero-order valence-electron chi connectivity index (χ0n) is 18.0. The number of methoxy groups -OCH3 is 2. The third-order valence-electron chi connectivity index (χ3n) is 8.78. The average molecular weight is 371 g/mol. The number of ether oxygens (including phenoxy) is 2. The van der Waals surface area contributed by atoms with Gasteiger partial charge in [-0.2, -0.15) is 0 Å². The number of ketones is 1. The van der Waals surface area contributed by atoms with Crippen LogP contribution in [-0.4, -0.2) is 20.0 Å². The minimum Gasteiger partial charge on any atom is -0.496 e. The normalized spacial score (nSPS) is 36.6. The van der Waals surface area contributed by atoms with Gasteiger partial charge in [-0.1, -0.05) is 27.7 Å². The van der Waals surface area contributed by atoms with Gasteiger partial charge in [-0.25, -0.2) is 0 Å². The molecule has 1 aromatic rings. The molecule has 3 heteroatoms. The lowest BCUT2D eigenvalue weighted by molar-refractivity contribution is -0.151. The van der Waals surface area contributed by atoms with E-state index in [1.807, 2.05) is 0 Å². The van der Waals surface area contributed by atoms with Crippen molar-refractivity contribution in [1.82, 2.24) is 0 Å². The van der Waals surface area contributed by atoms with Crippen molar-refractivity contribution in [2.45, 2.75) is 72.1 Å². The molecular formula is C24H34O3. The summed E-state index contributed by atoms with van der Waals surface area (Å²) in [5.41, 5.74) is 3.99. The second-order valence-electron chi connectivity index (χ2n) is 10.2. The highest BCUT2D eigenvalue weighted by molar-refractivity contribution is 5.85. The van der Waals surface area contributed by atoms with Crippen LogP contribution in [0.2, 0.25) is 0 Å². The Morgan fingerprint density at radius 2 is 1.74 bits per heavy atom. The lowest BCUT2D eigenvalue weighted by Crippen LogP contribution is -2.57. The number of rotatable bonds is 2. The van der Waals surface area contributed by atoms with Crippen LogP contribution in [-0.2, 0) is 16.6 Å². The van der Waals surface area contributed by atoms with E-state index in [9.17, 15) is 4.79 Å². The summed E-state index contributed by atoms with van der Waals surface area (Å²) >= 11 is 0. The van der Waals surface area contributed by atoms with Crippen molar-refractivity contribution < 1.29 is 14.3 Å². The van der Waals surface area contributed by atoms with Gasteiger partial charge in [0.2, 0.25) is 0 Å². The minimum absolute atomic E-state index is 0.111. The largest absolute Gasteiger partial charge is 0.496 e. The molecule has 0 saturated heterocycles. The van der Waals surface area contributed by atoms with E-state index in [4.69, 9.17) is 9.47 Å². The average Bonchev–Trinajstić information content (AvgIpc) is 2.92. The standard InChI is InChI=1S/C24H34O3/c1-14-16(26-6)12-15-13-18-23(4)11-9-19(25)22(2,3)17(23)8-10-24(18,5)20(15)21(14)27-7/h12,17-18H,8-11,13H2,1-7H3/t17-,18+,23-,24+/m0/s1. The Bertz CT molecular complexity index is 808. The van der Waals surface area contributed by atoms with Gasteiger partial charge in [0.1, 0.15) is 17.3 Å². The van der Waals surface area contributed by atoms with Gasteiger partial charge in [0.15, 0.2) is 0 Å². The van der Waals surface area contributed by atoms with Crippen LogP contribution in [0.15, 0.2) is 6.07 Å². The molecule has 0 spiro atoms. The van der Waals surface area contributed by atoms with Gasteiger partial charge < -0.3 is 9.47 Å². The fourth-order valence-electron chi connectivity index (χ4n) is 7.37. The summed E-state index contributed by atoms with van der Waals surface area (Å²) in [5, 5.41) is 0. The Labute approximate surface area is 163 Å². The van der Waals surface area contributed by atoms with Gasteiger partial charge in [-0.05, 0) is 61.5 Å². The fraction of sp³-hybridized carbons (Fsp3) is 0.708. The smallest absolute Gasteiger partial charge is 0.138 e. The van der Waals surface area contributed by atoms with Crippen molar-refractivity contribution in [3.63, 3.8) is 0 Å². The molecule has 3 aliphatic rings. The topological polar surface area (TPSA) is 35.5 Å². The Balaban J connectivity index is 1.87. The van der Waals surface area contributed by atoms with Gasteiger partial charge in [0, 0.05) is 28.4 Å². The zero-order valence-corrected chi connectivity index (χ0v) is 18.0. The summed E-state index contributed by atoms with van der Waals surface area (Å²) in [6.45, 7) is 11.4. The quantitative estimate of drug-likeness (QED) is 0.713. The van der Waals surface area contributed by atoms with Crippen LogP contribution in [0.4, 0.5) is 0 Å². The van der Waals surface area contributed by atoms with Crippen molar-refractivity contribution >= 4 is 5.78 Å². The van der Waals surface area contributed by atoms with Crippen molar-refractivity contribution in [3.05, 3.63) is 22.8 Å². The molecule has 0 unspecified atom stereocenters. The van der Waals surface area contributed by atoms with Crippen LogP contribution in [0.1, 0.15) is 70.1 Å². The van der Waals surface area contributed by atoms with E-state index in [1.165, 1.54) is 11.1 Å². The van der Waals surface area contributed by atoms with E-state index in [0.29, 0.717) is 17.6 Å². The molecule has 4 atom stereocenters. The van der Waals surface area contributed by atoms with Crippen LogP contribution in [0.5, 0.6) is 11.5 Å². The third kappa shape index (κ3) is 2.23. The number of Topliss-reactive ketones (excluding diaryl/α,β-unsaturated/α-hetero) is 1. The molecule has 1 aromatic carbocycles. The first-order chi connectivity index (χ1) is 12.6.